The largest absolute Gasteiger partial charge is 1.00 e. The summed E-state index contributed by atoms with van der Waals surface area (Å²) in [5, 5.41) is 0. The van der Waals surface area contributed by atoms with Gasteiger partial charge in [-0.05, 0) is 37.1 Å². The third-order valence-electron chi connectivity index (χ3n) is 1.90. The van der Waals surface area contributed by atoms with E-state index in [1.54, 1.807) is 13.8 Å². The second-order valence-electron chi connectivity index (χ2n) is 2.93. The van der Waals surface area contributed by atoms with E-state index < -0.39 is 10.1 Å². The number of nitrogens with two attached hydrogens (primary N) is 1. The van der Waals surface area contributed by atoms with Crippen LogP contribution in [0.4, 0.5) is 5.69 Å². The van der Waals surface area contributed by atoms with Gasteiger partial charge in [-0.15, -0.1) is 0 Å². The first-order chi connectivity index (χ1) is 5.82. The van der Waals surface area contributed by atoms with Crippen LogP contribution in [0, 0.1) is 13.8 Å². The van der Waals surface area contributed by atoms with Crippen molar-refractivity contribution in [2.45, 2.75) is 18.7 Å². The van der Waals surface area contributed by atoms with Crippen LogP contribution in [0.2, 0.25) is 0 Å². The third kappa shape index (κ3) is 2.96. The fraction of sp³-hybridized carbons (Fsp3) is 0.250. The first-order valence-corrected chi connectivity index (χ1v) is 5.06. The molecular weight excluding hydrogens is 213 g/mol. The minimum Gasteiger partial charge on any atom is -0.744 e. The van der Waals surface area contributed by atoms with Gasteiger partial charge < -0.3 is 10.3 Å². The zero-order valence-corrected chi connectivity index (χ0v) is 11.2. The molecule has 0 saturated heterocycles. The maximum absolute atomic E-state index is 10.7. The fourth-order valence-electron chi connectivity index (χ4n) is 1.03. The van der Waals surface area contributed by atoms with E-state index in [0.717, 1.165) is 11.1 Å². The number of anilines is 1. The van der Waals surface area contributed by atoms with E-state index in [-0.39, 0.29) is 40.1 Å². The molecule has 0 amide bonds. The van der Waals surface area contributed by atoms with Crippen LogP contribution in [-0.4, -0.2) is 13.0 Å². The number of aryl methyl sites for hydroxylation is 2. The average molecular weight is 223 g/mol. The van der Waals surface area contributed by atoms with E-state index in [1.807, 2.05) is 0 Å². The fourth-order valence-corrected chi connectivity index (χ4v) is 1.70. The molecule has 0 radical (unpaired) electrons. The molecule has 14 heavy (non-hydrogen) atoms. The Morgan fingerprint density at radius 3 is 2.07 bits per heavy atom. The number of nitrogen functional groups attached to an aromatic ring is 1. The van der Waals surface area contributed by atoms with Gasteiger partial charge in [-0.2, -0.15) is 0 Å². The Kier molecular flexibility index (Phi) is 4.61. The van der Waals surface area contributed by atoms with Gasteiger partial charge in [0.05, 0.1) is 4.90 Å². The van der Waals surface area contributed by atoms with Crippen molar-refractivity contribution in [1.29, 1.82) is 0 Å². The van der Waals surface area contributed by atoms with Crippen molar-refractivity contribution in [3.8, 4) is 0 Å². The summed E-state index contributed by atoms with van der Waals surface area (Å²) in [5.41, 5.74) is 7.01. The average Bonchev–Trinajstić information content (AvgIpc) is 1.94. The zero-order valence-electron chi connectivity index (χ0n) is 8.37. The molecule has 0 atom stereocenters. The van der Waals surface area contributed by atoms with Gasteiger partial charge in [-0.1, -0.05) is 0 Å². The van der Waals surface area contributed by atoms with Crippen molar-refractivity contribution in [2.24, 2.45) is 0 Å². The van der Waals surface area contributed by atoms with Crippen molar-refractivity contribution < 1.29 is 42.5 Å². The van der Waals surface area contributed by atoms with Crippen molar-refractivity contribution in [3.63, 3.8) is 0 Å². The van der Waals surface area contributed by atoms with Crippen molar-refractivity contribution in [1.82, 2.24) is 0 Å². The molecule has 1 rings (SSSR count). The van der Waals surface area contributed by atoms with Gasteiger partial charge in [0.15, 0.2) is 0 Å². The van der Waals surface area contributed by atoms with Gasteiger partial charge in [-0.25, -0.2) is 8.42 Å². The predicted octanol–water partition coefficient (Wildman–Crippen LogP) is -2.21. The Hall–Kier alpha value is -0.0700. The van der Waals surface area contributed by atoms with Crippen LogP contribution in [0.5, 0.6) is 0 Å². The number of hydrogen-bond acceptors (Lipinski definition) is 4. The van der Waals surface area contributed by atoms with E-state index in [2.05, 4.69) is 0 Å². The molecule has 0 bridgehead atoms. The molecule has 0 aromatic heterocycles. The topological polar surface area (TPSA) is 83.2 Å². The first-order valence-electron chi connectivity index (χ1n) is 3.65. The van der Waals surface area contributed by atoms with Gasteiger partial charge in [0.2, 0.25) is 0 Å². The standard InChI is InChI=1S/C8H11NO3S.Na/c1-5-3-7(9)8(4-6(5)2)13(10,11)12;/h3-4H,9H2,1-2H3,(H,10,11,12);/q;+1/p-1. The summed E-state index contributed by atoms with van der Waals surface area (Å²) in [6.45, 7) is 3.52. The molecule has 0 spiro atoms. The monoisotopic (exact) mass is 223 g/mol. The van der Waals surface area contributed by atoms with Crippen molar-refractivity contribution in [3.05, 3.63) is 23.3 Å². The van der Waals surface area contributed by atoms with Crippen LogP contribution in [0.15, 0.2) is 17.0 Å². The summed E-state index contributed by atoms with van der Waals surface area (Å²) < 4.78 is 32.0. The van der Waals surface area contributed by atoms with Crippen LogP contribution >= 0.6 is 0 Å². The van der Waals surface area contributed by atoms with Crippen molar-refractivity contribution in [2.75, 3.05) is 5.73 Å². The van der Waals surface area contributed by atoms with E-state index in [1.165, 1.54) is 12.1 Å². The van der Waals surface area contributed by atoms with Crippen LogP contribution in [0.25, 0.3) is 0 Å². The Morgan fingerprint density at radius 2 is 1.64 bits per heavy atom. The summed E-state index contributed by atoms with van der Waals surface area (Å²) >= 11 is 0. The maximum atomic E-state index is 10.7. The second kappa shape index (κ2) is 4.63. The van der Waals surface area contributed by atoms with E-state index >= 15 is 0 Å². The third-order valence-corrected chi connectivity index (χ3v) is 2.79. The van der Waals surface area contributed by atoms with Gasteiger partial charge in [0.1, 0.15) is 10.1 Å². The maximum Gasteiger partial charge on any atom is 1.00 e. The molecule has 1 aromatic rings. The molecule has 0 aliphatic heterocycles. The Labute approximate surface area is 106 Å². The number of rotatable bonds is 1. The Balaban J connectivity index is 0.00000169. The number of benzene rings is 1. The van der Waals surface area contributed by atoms with E-state index in [9.17, 15) is 13.0 Å². The van der Waals surface area contributed by atoms with Gasteiger partial charge in [0.25, 0.3) is 0 Å². The number of hydrogen-bond donors (Lipinski definition) is 1. The summed E-state index contributed by atoms with van der Waals surface area (Å²) in [7, 11) is -4.45. The van der Waals surface area contributed by atoms with E-state index in [0.29, 0.717) is 0 Å². The normalized spacial score (nSPS) is 10.8. The van der Waals surface area contributed by atoms with Crippen LogP contribution < -0.4 is 35.3 Å². The van der Waals surface area contributed by atoms with Gasteiger partial charge in [0, 0.05) is 5.69 Å². The van der Waals surface area contributed by atoms with Crippen LogP contribution in [0.3, 0.4) is 0 Å². The summed E-state index contributed by atoms with van der Waals surface area (Å²) in [4.78, 5) is -0.337. The minimum atomic E-state index is -4.45. The van der Waals surface area contributed by atoms with Gasteiger partial charge in [-0.3, -0.25) is 0 Å². The summed E-state index contributed by atoms with van der Waals surface area (Å²) in [6.07, 6.45) is 0. The SMILES string of the molecule is Cc1cc(N)c(S(=O)(=O)[O-])cc1C.[Na+]. The molecule has 0 aliphatic carbocycles. The van der Waals surface area contributed by atoms with Gasteiger partial charge >= 0.3 is 29.6 Å². The molecule has 0 aliphatic rings. The molecule has 0 saturated carbocycles. The molecule has 72 valence electrons. The minimum absolute atomic E-state index is 0. The summed E-state index contributed by atoms with van der Waals surface area (Å²) in [5.74, 6) is 0. The molecule has 0 fully saturated rings. The van der Waals surface area contributed by atoms with E-state index in [4.69, 9.17) is 5.73 Å². The molecule has 0 heterocycles. The molecule has 1 aromatic carbocycles. The quantitative estimate of drug-likeness (QED) is 0.332. The Morgan fingerprint density at radius 1 is 1.21 bits per heavy atom. The second-order valence-corrected chi connectivity index (χ2v) is 4.28. The van der Waals surface area contributed by atoms with Crippen LogP contribution in [0.1, 0.15) is 11.1 Å². The molecular formula is C8H10NNaO3S. The molecule has 6 heteroatoms. The first kappa shape index (κ1) is 13.9. The van der Waals surface area contributed by atoms with Crippen molar-refractivity contribution >= 4 is 15.8 Å². The smallest absolute Gasteiger partial charge is 0.744 e. The summed E-state index contributed by atoms with van der Waals surface area (Å²) in [6, 6.07) is 2.78. The Bertz CT molecular complexity index is 442. The molecule has 2 N–H and O–H groups in total. The molecule has 4 nitrogen and oxygen atoms in total. The molecule has 0 unspecified atom stereocenters. The van der Waals surface area contributed by atoms with Crippen LogP contribution in [-0.2, 0) is 10.1 Å². The zero-order chi connectivity index (χ0) is 10.2. The predicted molar refractivity (Wildman–Crippen MR) is 48.3 cm³/mol.